The highest BCUT2D eigenvalue weighted by Gasteiger charge is 2.11. The molecule has 0 spiro atoms. The average Bonchev–Trinajstić information content (AvgIpc) is 2.69. The molecule has 0 aliphatic rings. The number of carbonyl (C=O) groups is 2. The van der Waals surface area contributed by atoms with Gasteiger partial charge in [0.1, 0.15) is 12.4 Å². The average molecular weight is 399 g/mol. The zero-order valence-electron chi connectivity index (χ0n) is 17.2. The molecule has 2 rings (SSSR count). The minimum atomic E-state index is -0.796. The van der Waals surface area contributed by atoms with Crippen LogP contribution in [0.2, 0.25) is 0 Å². The standard InChI is InChI=1S/C23H30N2O4/c1-25(2)16-15-24-23(28)19(10-4-3-5-14-22(26)27)17-29-21-13-8-11-18-9-6-7-12-20(18)21/h6-13H,3-5,14-17H2,1-2H3,(H,24,28)(H,26,27)/b19-10+. The second kappa shape index (κ2) is 11.9. The summed E-state index contributed by atoms with van der Waals surface area (Å²) in [6.07, 6.45) is 3.95. The summed E-state index contributed by atoms with van der Waals surface area (Å²) in [7, 11) is 3.91. The van der Waals surface area contributed by atoms with Gasteiger partial charge in [-0.05, 0) is 44.8 Å². The maximum atomic E-state index is 12.6. The van der Waals surface area contributed by atoms with Crippen LogP contribution in [0.4, 0.5) is 0 Å². The molecular formula is C23H30N2O4. The predicted octanol–water partition coefficient (Wildman–Crippen LogP) is 3.47. The van der Waals surface area contributed by atoms with E-state index in [1.54, 1.807) is 0 Å². The van der Waals surface area contributed by atoms with Gasteiger partial charge in [-0.2, -0.15) is 0 Å². The van der Waals surface area contributed by atoms with Gasteiger partial charge >= 0.3 is 5.97 Å². The van der Waals surface area contributed by atoms with Crippen LogP contribution in [0.1, 0.15) is 25.7 Å². The summed E-state index contributed by atoms with van der Waals surface area (Å²) in [5.41, 5.74) is 0.562. The molecule has 156 valence electrons. The summed E-state index contributed by atoms with van der Waals surface area (Å²) < 4.78 is 5.99. The molecule has 0 unspecified atom stereocenters. The lowest BCUT2D eigenvalue weighted by Crippen LogP contribution is -2.33. The number of carbonyl (C=O) groups excluding carboxylic acids is 1. The maximum absolute atomic E-state index is 12.6. The Morgan fingerprint density at radius 2 is 1.86 bits per heavy atom. The van der Waals surface area contributed by atoms with Crippen molar-refractivity contribution < 1.29 is 19.4 Å². The molecule has 0 saturated carbocycles. The van der Waals surface area contributed by atoms with Crippen LogP contribution in [0.25, 0.3) is 10.8 Å². The van der Waals surface area contributed by atoms with Crippen LogP contribution >= 0.6 is 0 Å². The van der Waals surface area contributed by atoms with E-state index in [9.17, 15) is 9.59 Å². The first kappa shape index (κ1) is 22.4. The molecule has 0 aromatic heterocycles. The fraction of sp³-hybridized carbons (Fsp3) is 0.391. The van der Waals surface area contributed by atoms with Crippen molar-refractivity contribution in [3.8, 4) is 5.75 Å². The van der Waals surface area contributed by atoms with Gasteiger partial charge in [0.2, 0.25) is 5.91 Å². The van der Waals surface area contributed by atoms with Gasteiger partial charge in [0.15, 0.2) is 0 Å². The normalized spacial score (nSPS) is 11.6. The van der Waals surface area contributed by atoms with Gasteiger partial charge in [-0.1, -0.05) is 42.5 Å². The number of amides is 1. The Morgan fingerprint density at radius 1 is 1.10 bits per heavy atom. The lowest BCUT2D eigenvalue weighted by molar-refractivity contribution is -0.137. The van der Waals surface area contributed by atoms with E-state index >= 15 is 0 Å². The first-order valence-electron chi connectivity index (χ1n) is 9.91. The molecule has 0 aliphatic heterocycles. The second-order valence-corrected chi connectivity index (χ2v) is 7.19. The molecule has 2 aromatic rings. The van der Waals surface area contributed by atoms with Crippen LogP contribution in [0, 0.1) is 0 Å². The molecular weight excluding hydrogens is 368 g/mol. The van der Waals surface area contributed by atoms with Gasteiger partial charge in [0, 0.05) is 24.9 Å². The number of hydrogen-bond donors (Lipinski definition) is 2. The number of nitrogens with zero attached hydrogens (tertiary/aromatic N) is 1. The zero-order chi connectivity index (χ0) is 21.1. The van der Waals surface area contributed by atoms with Crippen LogP contribution in [0.15, 0.2) is 54.1 Å². The molecule has 0 radical (unpaired) electrons. The molecule has 0 bridgehead atoms. The summed E-state index contributed by atoms with van der Waals surface area (Å²) in [6, 6.07) is 13.8. The summed E-state index contributed by atoms with van der Waals surface area (Å²) >= 11 is 0. The lowest BCUT2D eigenvalue weighted by atomic mass is 10.1. The van der Waals surface area contributed by atoms with Crippen molar-refractivity contribution in [2.24, 2.45) is 0 Å². The Balaban J connectivity index is 2.02. The van der Waals surface area contributed by atoms with Crippen molar-refractivity contribution in [3.63, 3.8) is 0 Å². The molecule has 6 nitrogen and oxygen atoms in total. The van der Waals surface area contributed by atoms with Crippen molar-refractivity contribution in [1.82, 2.24) is 10.2 Å². The second-order valence-electron chi connectivity index (χ2n) is 7.19. The summed E-state index contributed by atoms with van der Waals surface area (Å²) in [6.45, 7) is 1.47. The van der Waals surface area contributed by atoms with Gasteiger partial charge in [-0.3, -0.25) is 9.59 Å². The number of ether oxygens (including phenoxy) is 1. The van der Waals surface area contributed by atoms with Gasteiger partial charge in [-0.25, -0.2) is 0 Å². The minimum Gasteiger partial charge on any atom is -0.488 e. The van der Waals surface area contributed by atoms with E-state index in [4.69, 9.17) is 9.84 Å². The third kappa shape index (κ3) is 7.95. The molecule has 0 atom stereocenters. The number of carboxylic acids is 1. The third-order valence-electron chi connectivity index (χ3n) is 4.50. The molecule has 0 aliphatic carbocycles. The molecule has 0 fully saturated rings. The lowest BCUT2D eigenvalue weighted by Gasteiger charge is -2.14. The number of likely N-dealkylation sites (N-methyl/N-ethyl adjacent to an activating group) is 1. The van der Waals surface area contributed by atoms with Crippen molar-refractivity contribution in [2.75, 3.05) is 33.8 Å². The van der Waals surface area contributed by atoms with Crippen molar-refractivity contribution >= 4 is 22.6 Å². The van der Waals surface area contributed by atoms with E-state index in [2.05, 4.69) is 5.32 Å². The summed E-state index contributed by atoms with van der Waals surface area (Å²) in [5.74, 6) is -0.207. The van der Waals surface area contributed by atoms with Gasteiger partial charge in [0.05, 0.1) is 5.57 Å². The van der Waals surface area contributed by atoms with Crippen molar-refractivity contribution in [2.45, 2.75) is 25.7 Å². The Labute approximate surface area is 172 Å². The Morgan fingerprint density at radius 3 is 2.62 bits per heavy atom. The molecule has 2 aromatic carbocycles. The third-order valence-corrected chi connectivity index (χ3v) is 4.50. The smallest absolute Gasteiger partial charge is 0.303 e. The van der Waals surface area contributed by atoms with Crippen LogP contribution < -0.4 is 10.1 Å². The first-order chi connectivity index (χ1) is 14.0. The highest BCUT2D eigenvalue weighted by Crippen LogP contribution is 2.25. The number of unbranched alkanes of at least 4 members (excludes halogenated alkanes) is 2. The minimum absolute atomic E-state index is 0.144. The number of fused-ring (bicyclic) bond motifs is 1. The largest absolute Gasteiger partial charge is 0.488 e. The Kier molecular flexibility index (Phi) is 9.18. The number of hydrogen-bond acceptors (Lipinski definition) is 4. The summed E-state index contributed by atoms with van der Waals surface area (Å²) in [5, 5.41) is 13.8. The first-order valence-corrected chi connectivity index (χ1v) is 9.91. The summed E-state index contributed by atoms with van der Waals surface area (Å²) in [4.78, 5) is 25.3. The van der Waals surface area contributed by atoms with Gasteiger partial charge in [-0.15, -0.1) is 0 Å². The Hall–Kier alpha value is -2.86. The fourth-order valence-electron chi connectivity index (χ4n) is 2.90. The van der Waals surface area contributed by atoms with Crippen LogP contribution in [0.5, 0.6) is 5.75 Å². The number of allylic oxidation sites excluding steroid dienone is 1. The van der Waals surface area contributed by atoms with E-state index in [-0.39, 0.29) is 18.9 Å². The highest BCUT2D eigenvalue weighted by atomic mass is 16.5. The molecule has 0 heterocycles. The Bertz CT molecular complexity index is 840. The molecule has 6 heteroatoms. The number of benzene rings is 2. The monoisotopic (exact) mass is 398 g/mol. The van der Waals surface area contributed by atoms with Gasteiger partial charge in [0.25, 0.3) is 0 Å². The molecule has 1 amide bonds. The van der Waals surface area contributed by atoms with Crippen molar-refractivity contribution in [1.29, 1.82) is 0 Å². The fourth-order valence-corrected chi connectivity index (χ4v) is 2.90. The van der Waals surface area contributed by atoms with E-state index in [0.29, 0.717) is 25.0 Å². The molecule has 2 N–H and O–H groups in total. The van der Waals surface area contributed by atoms with Gasteiger partial charge < -0.3 is 20.1 Å². The number of rotatable bonds is 12. The quantitative estimate of drug-likeness (QED) is 0.423. The van der Waals surface area contributed by atoms with Crippen LogP contribution in [-0.2, 0) is 9.59 Å². The van der Waals surface area contributed by atoms with Crippen molar-refractivity contribution in [3.05, 3.63) is 54.1 Å². The SMILES string of the molecule is CN(C)CCNC(=O)/C(=C/CCCCC(=O)O)COc1cccc2ccccc12. The van der Waals surface area contributed by atoms with E-state index in [1.165, 1.54) is 0 Å². The number of nitrogens with one attached hydrogen (secondary N) is 1. The molecule has 0 saturated heterocycles. The molecule has 29 heavy (non-hydrogen) atoms. The number of aliphatic carboxylic acids is 1. The van der Waals surface area contributed by atoms with E-state index in [1.807, 2.05) is 67.5 Å². The zero-order valence-corrected chi connectivity index (χ0v) is 17.2. The maximum Gasteiger partial charge on any atom is 0.303 e. The predicted molar refractivity (Wildman–Crippen MR) is 115 cm³/mol. The van der Waals surface area contributed by atoms with Crippen LogP contribution in [0.3, 0.4) is 0 Å². The van der Waals surface area contributed by atoms with Crippen LogP contribution in [-0.4, -0.2) is 55.7 Å². The topological polar surface area (TPSA) is 78.9 Å². The highest BCUT2D eigenvalue weighted by molar-refractivity contribution is 5.94. The van der Waals surface area contributed by atoms with E-state index in [0.717, 1.165) is 29.5 Å². The number of carboxylic acid groups (broad SMARTS) is 1. The van der Waals surface area contributed by atoms with E-state index < -0.39 is 5.97 Å².